The van der Waals surface area contributed by atoms with Gasteiger partial charge in [-0.3, -0.25) is 0 Å². The Morgan fingerprint density at radius 3 is 2.84 bits per heavy atom. The van der Waals surface area contributed by atoms with E-state index in [1.807, 2.05) is 25.5 Å². The van der Waals surface area contributed by atoms with Gasteiger partial charge in [-0.2, -0.15) is 0 Å². The fourth-order valence-corrected chi connectivity index (χ4v) is 1.86. The van der Waals surface area contributed by atoms with Gasteiger partial charge in [-0.05, 0) is 25.2 Å². The number of carbonyl (C=O) groups is 1. The summed E-state index contributed by atoms with van der Waals surface area (Å²) in [7, 11) is 0. The second kappa shape index (κ2) is 7.77. The second-order valence-corrected chi connectivity index (χ2v) is 5.33. The maximum atomic E-state index is 11.3. The van der Waals surface area contributed by atoms with Crippen LogP contribution in [0.1, 0.15) is 40.0 Å². The van der Waals surface area contributed by atoms with Crippen molar-refractivity contribution in [1.29, 1.82) is 0 Å². The lowest BCUT2D eigenvalue weighted by Gasteiger charge is -2.19. The van der Waals surface area contributed by atoms with Crippen LogP contribution >= 0.6 is 0 Å². The first-order valence-electron chi connectivity index (χ1n) is 6.85. The largest absolute Gasteiger partial charge is 0.463 e. The molecular weight excluding hydrogens is 240 g/mol. The van der Waals surface area contributed by atoms with Crippen LogP contribution < -0.4 is 0 Å². The van der Waals surface area contributed by atoms with Gasteiger partial charge < -0.3 is 9.30 Å². The molecule has 0 N–H and O–H groups in total. The predicted molar refractivity (Wildman–Crippen MR) is 75.6 cm³/mol. The van der Waals surface area contributed by atoms with Crippen molar-refractivity contribution in [3.05, 3.63) is 30.9 Å². The summed E-state index contributed by atoms with van der Waals surface area (Å²) < 4.78 is 6.96. The predicted octanol–water partition coefficient (Wildman–Crippen LogP) is 3.20. The van der Waals surface area contributed by atoms with E-state index in [4.69, 9.17) is 4.74 Å². The first-order valence-corrected chi connectivity index (χ1v) is 6.85. The maximum Gasteiger partial charge on any atom is 0.330 e. The fraction of sp³-hybridized carbons (Fsp3) is 0.600. The Hall–Kier alpha value is -1.58. The molecule has 0 amide bonds. The van der Waals surface area contributed by atoms with Crippen molar-refractivity contribution >= 4 is 5.97 Å². The molecule has 0 spiro atoms. The molecule has 1 aromatic rings. The average molecular weight is 264 g/mol. The zero-order valence-corrected chi connectivity index (χ0v) is 12.1. The lowest BCUT2D eigenvalue weighted by Crippen LogP contribution is -2.09. The molecule has 0 fully saturated rings. The molecule has 0 saturated carbocycles. The lowest BCUT2D eigenvalue weighted by atomic mass is 9.87. The minimum absolute atomic E-state index is 0.0295. The highest BCUT2D eigenvalue weighted by Crippen LogP contribution is 2.25. The van der Waals surface area contributed by atoms with Gasteiger partial charge in [0.05, 0.1) is 12.9 Å². The van der Waals surface area contributed by atoms with Crippen molar-refractivity contribution in [2.24, 2.45) is 5.41 Å². The fourth-order valence-electron chi connectivity index (χ4n) is 1.86. The van der Waals surface area contributed by atoms with Crippen molar-refractivity contribution in [3.8, 4) is 0 Å². The highest BCUT2D eigenvalue weighted by atomic mass is 16.5. The molecule has 106 valence electrons. The summed E-state index contributed by atoms with van der Waals surface area (Å²) in [5.74, 6) is -0.256. The highest BCUT2D eigenvalue weighted by Gasteiger charge is 2.13. The molecule has 0 saturated heterocycles. The van der Waals surface area contributed by atoms with E-state index < -0.39 is 0 Å². The van der Waals surface area contributed by atoms with Gasteiger partial charge >= 0.3 is 5.97 Å². The van der Waals surface area contributed by atoms with E-state index in [-0.39, 0.29) is 11.4 Å². The standard InChI is InChI=1S/C15H24N2O2/c1-4-19-14(18)7-9-15(2,3)8-5-6-11-17-12-10-16-13-17/h7,9-10,12-13H,4-6,8,11H2,1-3H3/b9-7+. The van der Waals surface area contributed by atoms with Gasteiger partial charge in [-0.15, -0.1) is 0 Å². The first kappa shape index (κ1) is 15.5. The normalized spacial score (nSPS) is 11.9. The number of rotatable bonds is 8. The molecule has 4 heteroatoms. The van der Waals surface area contributed by atoms with E-state index >= 15 is 0 Å². The Morgan fingerprint density at radius 1 is 1.42 bits per heavy atom. The van der Waals surface area contributed by atoms with E-state index in [0.29, 0.717) is 6.61 Å². The number of esters is 1. The van der Waals surface area contributed by atoms with Crippen molar-refractivity contribution in [2.75, 3.05) is 6.61 Å². The Bertz CT molecular complexity index is 394. The molecular formula is C15H24N2O2. The molecule has 0 atom stereocenters. The number of nitrogens with zero attached hydrogens (tertiary/aromatic N) is 2. The molecule has 0 unspecified atom stereocenters. The quantitative estimate of drug-likeness (QED) is 0.411. The molecule has 0 aliphatic rings. The molecule has 0 aliphatic heterocycles. The molecule has 0 radical (unpaired) electrons. The topological polar surface area (TPSA) is 44.1 Å². The van der Waals surface area contributed by atoms with Crippen LogP contribution in [0.5, 0.6) is 0 Å². The number of hydrogen-bond acceptors (Lipinski definition) is 3. The van der Waals surface area contributed by atoms with Crippen LogP contribution in [-0.2, 0) is 16.1 Å². The monoisotopic (exact) mass is 264 g/mol. The lowest BCUT2D eigenvalue weighted by molar-refractivity contribution is -0.137. The SMILES string of the molecule is CCOC(=O)/C=C/C(C)(C)CCCCn1ccnc1. The number of ether oxygens (including phenoxy) is 1. The number of allylic oxidation sites excluding steroid dienone is 1. The Morgan fingerprint density at radius 2 is 2.21 bits per heavy atom. The van der Waals surface area contributed by atoms with Gasteiger partial charge in [-0.25, -0.2) is 9.78 Å². The van der Waals surface area contributed by atoms with Gasteiger partial charge in [0.2, 0.25) is 0 Å². The Labute approximate surface area is 115 Å². The van der Waals surface area contributed by atoms with Crippen LogP contribution in [-0.4, -0.2) is 22.1 Å². The molecule has 1 heterocycles. The zero-order chi connectivity index (χ0) is 14.1. The Balaban J connectivity index is 2.24. The third-order valence-electron chi connectivity index (χ3n) is 3.00. The molecule has 4 nitrogen and oxygen atoms in total. The molecule has 0 aromatic carbocycles. The number of aryl methyl sites for hydroxylation is 1. The van der Waals surface area contributed by atoms with E-state index in [9.17, 15) is 4.79 Å². The summed E-state index contributed by atoms with van der Waals surface area (Å²) in [4.78, 5) is 15.3. The summed E-state index contributed by atoms with van der Waals surface area (Å²) in [6, 6.07) is 0. The van der Waals surface area contributed by atoms with Gasteiger partial charge in [0, 0.05) is 25.0 Å². The number of hydrogen-bond donors (Lipinski definition) is 0. The number of aromatic nitrogens is 2. The van der Waals surface area contributed by atoms with Crippen LogP contribution in [0.25, 0.3) is 0 Å². The molecule has 1 rings (SSSR count). The van der Waals surface area contributed by atoms with E-state index in [0.717, 1.165) is 25.8 Å². The highest BCUT2D eigenvalue weighted by molar-refractivity contribution is 5.81. The van der Waals surface area contributed by atoms with Crippen molar-refractivity contribution in [2.45, 2.75) is 46.6 Å². The van der Waals surface area contributed by atoms with Gasteiger partial charge in [0.1, 0.15) is 0 Å². The summed E-state index contributed by atoms with van der Waals surface area (Å²) in [6.45, 7) is 7.51. The summed E-state index contributed by atoms with van der Waals surface area (Å²) in [5, 5.41) is 0. The maximum absolute atomic E-state index is 11.3. The van der Waals surface area contributed by atoms with Crippen LogP contribution in [0.2, 0.25) is 0 Å². The third-order valence-corrected chi connectivity index (χ3v) is 3.00. The van der Waals surface area contributed by atoms with E-state index in [2.05, 4.69) is 23.4 Å². The van der Waals surface area contributed by atoms with Crippen LogP contribution in [0.15, 0.2) is 30.9 Å². The van der Waals surface area contributed by atoms with E-state index in [1.54, 1.807) is 12.3 Å². The van der Waals surface area contributed by atoms with Crippen molar-refractivity contribution in [3.63, 3.8) is 0 Å². The molecule has 19 heavy (non-hydrogen) atoms. The summed E-state index contributed by atoms with van der Waals surface area (Å²) in [5.41, 5.74) is 0.0295. The number of carbonyl (C=O) groups excluding carboxylic acids is 1. The Kier molecular flexibility index (Phi) is 6.33. The molecule has 0 aliphatic carbocycles. The summed E-state index contributed by atoms with van der Waals surface area (Å²) >= 11 is 0. The number of unbranched alkanes of at least 4 members (excludes halogenated alkanes) is 1. The van der Waals surface area contributed by atoms with E-state index in [1.165, 1.54) is 0 Å². The van der Waals surface area contributed by atoms with Gasteiger partial charge in [0.25, 0.3) is 0 Å². The molecule has 0 bridgehead atoms. The smallest absolute Gasteiger partial charge is 0.330 e. The first-order chi connectivity index (χ1) is 9.03. The zero-order valence-electron chi connectivity index (χ0n) is 12.1. The average Bonchev–Trinajstić information content (AvgIpc) is 2.86. The summed E-state index contributed by atoms with van der Waals surface area (Å²) in [6.07, 6.45) is 12.4. The van der Waals surface area contributed by atoms with Crippen LogP contribution in [0.4, 0.5) is 0 Å². The van der Waals surface area contributed by atoms with Crippen LogP contribution in [0.3, 0.4) is 0 Å². The minimum Gasteiger partial charge on any atom is -0.463 e. The second-order valence-electron chi connectivity index (χ2n) is 5.33. The molecule has 1 aromatic heterocycles. The van der Waals surface area contributed by atoms with Crippen molar-refractivity contribution in [1.82, 2.24) is 9.55 Å². The third kappa shape index (κ3) is 6.79. The van der Waals surface area contributed by atoms with Gasteiger partial charge in [-0.1, -0.05) is 26.3 Å². The van der Waals surface area contributed by atoms with Crippen molar-refractivity contribution < 1.29 is 9.53 Å². The van der Waals surface area contributed by atoms with Gasteiger partial charge in [0.15, 0.2) is 0 Å². The number of imidazole rings is 1. The minimum atomic E-state index is -0.256. The van der Waals surface area contributed by atoms with Crippen LogP contribution in [0, 0.1) is 5.41 Å².